The van der Waals surface area contributed by atoms with E-state index in [-0.39, 0.29) is 5.95 Å². The number of pyridine rings is 1. The molecule has 0 atom stereocenters. The molecular formula is C14H18N6. The Bertz CT molecular complexity index is 606. The first-order valence-electron chi connectivity index (χ1n) is 6.91. The van der Waals surface area contributed by atoms with Gasteiger partial charge in [-0.3, -0.25) is 4.98 Å². The third-order valence-electron chi connectivity index (χ3n) is 3.41. The third kappa shape index (κ3) is 2.68. The maximum atomic E-state index is 5.83. The van der Waals surface area contributed by atoms with Crippen molar-refractivity contribution in [1.29, 1.82) is 0 Å². The standard InChI is InChI=1S/C14H18N6/c1-10-7-11(9-16-8-10)12-17-13(15)19-14(18-12)20-5-3-2-4-6-20/h7-9H,2-6H2,1H3,(H2,15,17,18,19). The first-order valence-corrected chi connectivity index (χ1v) is 6.91. The average molecular weight is 270 g/mol. The van der Waals surface area contributed by atoms with Gasteiger partial charge in [-0.15, -0.1) is 0 Å². The van der Waals surface area contributed by atoms with Gasteiger partial charge in [-0.2, -0.15) is 15.0 Å². The van der Waals surface area contributed by atoms with Crippen molar-refractivity contribution in [3.63, 3.8) is 0 Å². The zero-order valence-corrected chi connectivity index (χ0v) is 11.6. The van der Waals surface area contributed by atoms with Crippen LogP contribution in [-0.2, 0) is 0 Å². The predicted octanol–water partition coefficient (Wildman–Crippen LogP) is 1.81. The second-order valence-corrected chi connectivity index (χ2v) is 5.12. The van der Waals surface area contributed by atoms with E-state index in [1.807, 2.05) is 13.0 Å². The number of nitrogen functional groups attached to an aromatic ring is 1. The van der Waals surface area contributed by atoms with Crippen LogP contribution in [0, 0.1) is 6.92 Å². The van der Waals surface area contributed by atoms with Crippen molar-refractivity contribution in [3.8, 4) is 11.4 Å². The van der Waals surface area contributed by atoms with Crippen molar-refractivity contribution in [1.82, 2.24) is 19.9 Å². The van der Waals surface area contributed by atoms with E-state index >= 15 is 0 Å². The Morgan fingerprint density at radius 3 is 2.60 bits per heavy atom. The second kappa shape index (κ2) is 5.40. The van der Waals surface area contributed by atoms with Crippen LogP contribution < -0.4 is 10.6 Å². The third-order valence-corrected chi connectivity index (χ3v) is 3.41. The molecule has 20 heavy (non-hydrogen) atoms. The topological polar surface area (TPSA) is 80.8 Å². The highest BCUT2D eigenvalue weighted by molar-refractivity contribution is 5.57. The van der Waals surface area contributed by atoms with E-state index in [9.17, 15) is 0 Å². The molecular weight excluding hydrogens is 252 g/mol. The number of rotatable bonds is 2. The quantitative estimate of drug-likeness (QED) is 0.896. The summed E-state index contributed by atoms with van der Waals surface area (Å²) in [6, 6.07) is 2.00. The first kappa shape index (κ1) is 12.8. The van der Waals surface area contributed by atoms with E-state index in [0.717, 1.165) is 24.2 Å². The van der Waals surface area contributed by atoms with Crippen molar-refractivity contribution < 1.29 is 0 Å². The summed E-state index contributed by atoms with van der Waals surface area (Å²) >= 11 is 0. The highest BCUT2D eigenvalue weighted by atomic mass is 15.3. The summed E-state index contributed by atoms with van der Waals surface area (Å²) in [6.07, 6.45) is 7.17. The smallest absolute Gasteiger partial charge is 0.230 e. The Morgan fingerprint density at radius 1 is 1.05 bits per heavy atom. The molecule has 1 fully saturated rings. The van der Waals surface area contributed by atoms with Crippen LogP contribution in [0.25, 0.3) is 11.4 Å². The van der Waals surface area contributed by atoms with Gasteiger partial charge in [0.1, 0.15) is 0 Å². The fraction of sp³-hybridized carbons (Fsp3) is 0.429. The minimum absolute atomic E-state index is 0.261. The summed E-state index contributed by atoms with van der Waals surface area (Å²) < 4.78 is 0. The Morgan fingerprint density at radius 2 is 1.85 bits per heavy atom. The number of aromatic nitrogens is 4. The summed E-state index contributed by atoms with van der Waals surface area (Å²) in [6.45, 7) is 3.95. The molecule has 6 nitrogen and oxygen atoms in total. The molecule has 3 heterocycles. The first-order chi connectivity index (χ1) is 9.72. The Hall–Kier alpha value is -2.24. The normalized spacial score (nSPS) is 15.3. The molecule has 0 unspecified atom stereocenters. The van der Waals surface area contributed by atoms with Crippen LogP contribution in [0.4, 0.5) is 11.9 Å². The van der Waals surface area contributed by atoms with Gasteiger partial charge >= 0.3 is 0 Å². The Kier molecular flexibility index (Phi) is 3.45. The van der Waals surface area contributed by atoms with Crippen LogP contribution in [0.15, 0.2) is 18.5 Å². The number of hydrogen-bond donors (Lipinski definition) is 1. The van der Waals surface area contributed by atoms with Gasteiger partial charge in [-0.05, 0) is 37.8 Å². The summed E-state index contributed by atoms with van der Waals surface area (Å²) in [5, 5.41) is 0. The van der Waals surface area contributed by atoms with Crippen LogP contribution in [0.5, 0.6) is 0 Å². The van der Waals surface area contributed by atoms with Gasteiger partial charge in [0, 0.05) is 31.0 Å². The molecule has 0 saturated carbocycles. The highest BCUT2D eigenvalue weighted by Crippen LogP contribution is 2.21. The van der Waals surface area contributed by atoms with Gasteiger partial charge in [-0.1, -0.05) is 0 Å². The molecule has 0 aromatic carbocycles. The van der Waals surface area contributed by atoms with Gasteiger partial charge in [-0.25, -0.2) is 0 Å². The molecule has 2 aromatic rings. The van der Waals surface area contributed by atoms with Crippen molar-refractivity contribution in [2.45, 2.75) is 26.2 Å². The van der Waals surface area contributed by atoms with Gasteiger partial charge in [0.05, 0.1) is 0 Å². The number of aryl methyl sites for hydroxylation is 1. The van der Waals surface area contributed by atoms with E-state index < -0.39 is 0 Å². The monoisotopic (exact) mass is 270 g/mol. The summed E-state index contributed by atoms with van der Waals surface area (Å²) in [5.74, 6) is 1.53. The fourth-order valence-corrected chi connectivity index (χ4v) is 2.42. The lowest BCUT2D eigenvalue weighted by molar-refractivity contribution is 0.568. The van der Waals surface area contributed by atoms with Crippen LogP contribution in [0.2, 0.25) is 0 Å². The van der Waals surface area contributed by atoms with E-state index in [1.54, 1.807) is 12.4 Å². The lowest BCUT2D eigenvalue weighted by Gasteiger charge is -2.26. The van der Waals surface area contributed by atoms with E-state index in [4.69, 9.17) is 5.73 Å². The minimum atomic E-state index is 0.261. The lowest BCUT2D eigenvalue weighted by Crippen LogP contribution is -2.31. The average Bonchev–Trinajstić information content (AvgIpc) is 2.47. The zero-order chi connectivity index (χ0) is 13.9. The van der Waals surface area contributed by atoms with Crippen LogP contribution in [-0.4, -0.2) is 33.0 Å². The largest absolute Gasteiger partial charge is 0.368 e. The Labute approximate surface area is 118 Å². The number of nitrogens with zero attached hydrogens (tertiary/aromatic N) is 5. The Balaban J connectivity index is 1.97. The molecule has 2 N–H and O–H groups in total. The molecule has 0 amide bonds. The summed E-state index contributed by atoms with van der Waals surface area (Å²) in [7, 11) is 0. The van der Waals surface area contributed by atoms with Crippen LogP contribution >= 0.6 is 0 Å². The van der Waals surface area contributed by atoms with Gasteiger partial charge in [0.2, 0.25) is 11.9 Å². The number of piperidine rings is 1. The maximum absolute atomic E-state index is 5.83. The second-order valence-electron chi connectivity index (χ2n) is 5.12. The molecule has 3 rings (SSSR count). The van der Waals surface area contributed by atoms with E-state index in [2.05, 4.69) is 24.8 Å². The molecule has 2 aromatic heterocycles. The lowest BCUT2D eigenvalue weighted by atomic mass is 10.1. The minimum Gasteiger partial charge on any atom is -0.368 e. The van der Waals surface area contributed by atoms with Crippen molar-refractivity contribution in [2.24, 2.45) is 0 Å². The molecule has 1 aliphatic rings. The summed E-state index contributed by atoms with van der Waals surface area (Å²) in [5.41, 5.74) is 7.78. The molecule has 0 radical (unpaired) electrons. The van der Waals surface area contributed by atoms with Gasteiger partial charge in [0.15, 0.2) is 5.82 Å². The zero-order valence-electron chi connectivity index (χ0n) is 11.6. The summed E-state index contributed by atoms with van der Waals surface area (Å²) in [4.78, 5) is 19.4. The maximum Gasteiger partial charge on any atom is 0.230 e. The molecule has 1 saturated heterocycles. The number of hydrogen-bond acceptors (Lipinski definition) is 6. The number of nitrogens with two attached hydrogens (primary N) is 1. The van der Waals surface area contributed by atoms with E-state index in [0.29, 0.717) is 11.8 Å². The van der Waals surface area contributed by atoms with Crippen molar-refractivity contribution in [2.75, 3.05) is 23.7 Å². The predicted molar refractivity (Wildman–Crippen MR) is 78.3 cm³/mol. The van der Waals surface area contributed by atoms with Crippen molar-refractivity contribution in [3.05, 3.63) is 24.0 Å². The van der Waals surface area contributed by atoms with Crippen LogP contribution in [0.3, 0.4) is 0 Å². The van der Waals surface area contributed by atoms with E-state index in [1.165, 1.54) is 19.3 Å². The number of anilines is 2. The van der Waals surface area contributed by atoms with Gasteiger partial charge in [0.25, 0.3) is 0 Å². The molecule has 1 aliphatic heterocycles. The SMILES string of the molecule is Cc1cncc(-c2nc(N)nc(N3CCCCC3)n2)c1. The molecule has 0 bridgehead atoms. The fourth-order valence-electron chi connectivity index (χ4n) is 2.42. The van der Waals surface area contributed by atoms with Crippen molar-refractivity contribution >= 4 is 11.9 Å². The highest BCUT2D eigenvalue weighted by Gasteiger charge is 2.16. The molecule has 0 aliphatic carbocycles. The van der Waals surface area contributed by atoms with Gasteiger partial charge < -0.3 is 10.6 Å². The molecule has 104 valence electrons. The van der Waals surface area contributed by atoms with Crippen LogP contribution in [0.1, 0.15) is 24.8 Å². The molecule has 6 heteroatoms. The molecule has 0 spiro atoms.